The van der Waals surface area contributed by atoms with E-state index in [1.165, 1.54) is 0 Å². The van der Waals surface area contributed by atoms with Crippen molar-refractivity contribution in [3.05, 3.63) is 0 Å². The van der Waals surface area contributed by atoms with Gasteiger partial charge in [0, 0.05) is 4.43 Å². The van der Waals surface area contributed by atoms with Crippen molar-refractivity contribution in [2.45, 2.75) is 18.0 Å². The summed E-state index contributed by atoms with van der Waals surface area (Å²) in [4.78, 5) is 10.3. The third-order valence-corrected chi connectivity index (χ3v) is 2.70. The molecule has 0 heterocycles. The molecule has 0 spiro atoms. The lowest BCUT2D eigenvalue weighted by molar-refractivity contribution is -0.379. The zero-order valence-corrected chi connectivity index (χ0v) is 9.39. The van der Waals surface area contributed by atoms with Crippen molar-refractivity contribution < 1.29 is 41.4 Å². The monoisotopic (exact) mass is 366 g/mol. The van der Waals surface area contributed by atoms with Crippen LogP contribution in [0.2, 0.25) is 0 Å². The van der Waals surface area contributed by atoms with Gasteiger partial charge in [-0.15, -0.1) is 0 Å². The van der Waals surface area contributed by atoms with Crippen LogP contribution >= 0.6 is 22.6 Å². The van der Waals surface area contributed by atoms with Gasteiger partial charge in [0.2, 0.25) is 0 Å². The van der Waals surface area contributed by atoms with E-state index in [9.17, 15) is 31.1 Å². The number of aliphatic carboxylic acids is 1. The van der Waals surface area contributed by atoms with Gasteiger partial charge in [-0.2, -0.15) is 26.3 Å². The quantitative estimate of drug-likeness (QED) is 0.456. The fourth-order valence-corrected chi connectivity index (χ4v) is 1.93. The zero-order chi connectivity index (χ0) is 13.4. The fraction of sp³-hybridized carbons (Fsp3) is 0.833. The average molecular weight is 366 g/mol. The van der Waals surface area contributed by atoms with Crippen molar-refractivity contribution in [1.29, 1.82) is 0 Å². The maximum absolute atomic E-state index is 12.2. The molecular weight excluding hydrogens is 361 g/mol. The summed E-state index contributed by atoms with van der Waals surface area (Å²) in [7, 11) is 0. The minimum absolute atomic E-state index is 1.03. The second kappa shape index (κ2) is 4.55. The van der Waals surface area contributed by atoms with Gasteiger partial charge in [0.25, 0.3) is 5.60 Å². The average Bonchev–Trinajstić information content (AvgIpc) is 1.99. The van der Waals surface area contributed by atoms with Crippen LogP contribution < -0.4 is 0 Å². The van der Waals surface area contributed by atoms with Crippen molar-refractivity contribution in [3.8, 4) is 0 Å². The van der Waals surface area contributed by atoms with Crippen molar-refractivity contribution in [1.82, 2.24) is 0 Å². The molecule has 0 amide bonds. The summed E-state index contributed by atoms with van der Waals surface area (Å²) in [5.74, 6) is -5.38. The van der Waals surface area contributed by atoms with Crippen molar-refractivity contribution >= 4 is 28.6 Å². The third kappa shape index (κ3) is 2.52. The maximum Gasteiger partial charge on any atom is 0.427 e. The lowest BCUT2D eigenvalue weighted by Gasteiger charge is -2.35. The lowest BCUT2D eigenvalue weighted by atomic mass is 9.87. The summed E-state index contributed by atoms with van der Waals surface area (Å²) in [6, 6.07) is 0. The molecule has 0 aliphatic rings. The summed E-state index contributed by atoms with van der Waals surface area (Å²) >= 11 is 1.03. The van der Waals surface area contributed by atoms with Crippen LogP contribution in [0.5, 0.6) is 0 Å². The number of carboxylic acids is 1. The highest BCUT2D eigenvalue weighted by Gasteiger charge is 2.75. The molecule has 0 rings (SSSR count). The molecule has 0 unspecified atom stereocenters. The van der Waals surface area contributed by atoms with Crippen LogP contribution in [0.4, 0.5) is 26.3 Å². The second-order valence-corrected chi connectivity index (χ2v) is 3.69. The lowest BCUT2D eigenvalue weighted by Crippen LogP contribution is -2.64. The molecular formula is C6H5F6IO3. The van der Waals surface area contributed by atoms with Crippen LogP contribution in [0, 0.1) is 5.92 Å². The van der Waals surface area contributed by atoms with Gasteiger partial charge in [-0.1, -0.05) is 22.6 Å². The number of halogens is 7. The van der Waals surface area contributed by atoms with Crippen molar-refractivity contribution in [2.75, 3.05) is 4.43 Å². The zero-order valence-electron chi connectivity index (χ0n) is 7.23. The molecule has 0 radical (unpaired) electrons. The first-order valence-electron chi connectivity index (χ1n) is 3.54. The van der Waals surface area contributed by atoms with Gasteiger partial charge in [0.1, 0.15) is 5.92 Å². The largest absolute Gasteiger partial charge is 0.481 e. The first kappa shape index (κ1) is 15.7. The molecule has 16 heavy (non-hydrogen) atoms. The predicted molar refractivity (Wildman–Crippen MR) is 47.1 cm³/mol. The fourth-order valence-electron chi connectivity index (χ4n) is 0.912. The minimum Gasteiger partial charge on any atom is -0.481 e. The number of alkyl halides is 7. The van der Waals surface area contributed by atoms with Crippen molar-refractivity contribution in [3.63, 3.8) is 0 Å². The van der Waals surface area contributed by atoms with Gasteiger partial charge in [0.05, 0.1) is 0 Å². The highest BCUT2D eigenvalue weighted by atomic mass is 127. The first-order valence-corrected chi connectivity index (χ1v) is 5.06. The van der Waals surface area contributed by atoms with Gasteiger partial charge in [-0.3, -0.25) is 4.79 Å². The Morgan fingerprint density at radius 1 is 1.12 bits per heavy atom. The molecule has 0 aromatic rings. The number of carbonyl (C=O) groups is 1. The van der Waals surface area contributed by atoms with E-state index in [2.05, 4.69) is 0 Å². The smallest absolute Gasteiger partial charge is 0.427 e. The molecule has 0 bridgehead atoms. The van der Waals surface area contributed by atoms with Crippen molar-refractivity contribution in [2.24, 2.45) is 5.92 Å². The number of aliphatic hydroxyl groups is 1. The molecule has 0 saturated heterocycles. The summed E-state index contributed by atoms with van der Waals surface area (Å²) < 4.78 is 71.9. The maximum atomic E-state index is 12.2. The van der Waals surface area contributed by atoms with Crippen LogP contribution in [-0.2, 0) is 4.79 Å². The van der Waals surface area contributed by atoms with E-state index in [-0.39, 0.29) is 0 Å². The molecule has 0 aromatic heterocycles. The summed E-state index contributed by atoms with van der Waals surface area (Å²) in [6.45, 7) is 0. The Morgan fingerprint density at radius 2 is 1.44 bits per heavy atom. The molecule has 1 atom stereocenters. The molecule has 0 fully saturated rings. The third-order valence-electron chi connectivity index (χ3n) is 1.82. The molecule has 0 aliphatic carbocycles. The normalized spacial score (nSPS) is 16.0. The van der Waals surface area contributed by atoms with Crippen LogP contribution in [0.15, 0.2) is 0 Å². The Labute approximate surface area is 98.6 Å². The van der Waals surface area contributed by atoms with Crippen LogP contribution in [0.1, 0.15) is 0 Å². The summed E-state index contributed by atoms with van der Waals surface area (Å²) in [5.41, 5.74) is -5.24. The molecule has 0 aliphatic heterocycles. The Kier molecular flexibility index (Phi) is 4.47. The van der Waals surface area contributed by atoms with Crippen LogP contribution in [0.25, 0.3) is 0 Å². The Balaban J connectivity index is 5.68. The number of rotatable bonds is 3. The Bertz CT molecular complexity index is 258. The Hall–Kier alpha value is -0.260. The number of hydrogen-bond acceptors (Lipinski definition) is 2. The number of hydrogen-bond donors (Lipinski definition) is 2. The van der Waals surface area contributed by atoms with Crippen LogP contribution in [-0.4, -0.2) is 38.6 Å². The van der Waals surface area contributed by atoms with E-state index in [1.807, 2.05) is 0 Å². The molecule has 2 N–H and O–H groups in total. The SMILES string of the molecule is O=C(O)[C@@H](CI)C(O)(C(F)(F)F)C(F)(F)F. The molecule has 96 valence electrons. The van der Waals surface area contributed by atoms with E-state index in [0.717, 1.165) is 22.6 Å². The molecule has 3 nitrogen and oxygen atoms in total. The van der Waals surface area contributed by atoms with E-state index in [0.29, 0.717) is 0 Å². The van der Waals surface area contributed by atoms with Gasteiger partial charge in [0.15, 0.2) is 0 Å². The van der Waals surface area contributed by atoms with E-state index >= 15 is 0 Å². The predicted octanol–water partition coefficient (Wildman–Crippen LogP) is 1.98. The van der Waals surface area contributed by atoms with Crippen LogP contribution in [0.3, 0.4) is 0 Å². The molecule has 10 heteroatoms. The highest BCUT2D eigenvalue weighted by molar-refractivity contribution is 14.1. The standard InChI is InChI=1S/C6H5F6IO3/c7-5(8,9)4(16,6(10,11)12)2(1-13)3(14)15/h2,16H,1H2,(H,14,15)/t2-/m1/s1. The van der Waals surface area contributed by atoms with Gasteiger partial charge in [-0.25, -0.2) is 0 Å². The summed E-state index contributed by atoms with van der Waals surface area (Å²) in [5, 5.41) is 16.9. The minimum atomic E-state index is -6.11. The first-order chi connectivity index (χ1) is 6.89. The topological polar surface area (TPSA) is 57.5 Å². The second-order valence-electron chi connectivity index (χ2n) is 2.81. The Morgan fingerprint density at radius 3 is 1.50 bits per heavy atom. The van der Waals surface area contributed by atoms with E-state index in [1.54, 1.807) is 0 Å². The van der Waals surface area contributed by atoms with E-state index < -0.39 is 34.3 Å². The number of carboxylic acid groups (broad SMARTS) is 1. The highest BCUT2D eigenvalue weighted by Crippen LogP contribution is 2.48. The molecule has 0 saturated carbocycles. The summed E-state index contributed by atoms with van der Waals surface area (Å²) in [6.07, 6.45) is -12.2. The van der Waals surface area contributed by atoms with Gasteiger partial charge in [-0.05, 0) is 0 Å². The van der Waals surface area contributed by atoms with Gasteiger partial charge >= 0.3 is 18.3 Å². The molecule has 0 aromatic carbocycles. The van der Waals surface area contributed by atoms with Gasteiger partial charge < -0.3 is 10.2 Å². The van der Waals surface area contributed by atoms with E-state index in [4.69, 9.17) is 10.2 Å².